The predicted octanol–water partition coefficient (Wildman–Crippen LogP) is 0.0208. The van der Waals surface area contributed by atoms with Crippen LogP contribution >= 0.6 is 11.8 Å². The Labute approximate surface area is 95.6 Å². The predicted molar refractivity (Wildman–Crippen MR) is 63.6 cm³/mol. The van der Waals surface area contributed by atoms with E-state index in [4.69, 9.17) is 0 Å². The average Bonchev–Trinajstić information content (AvgIpc) is 2.75. The molecule has 2 aliphatic rings. The Morgan fingerprint density at radius 2 is 2.27 bits per heavy atom. The second-order valence-corrected chi connectivity index (χ2v) is 7.27. The van der Waals surface area contributed by atoms with Crippen molar-refractivity contribution >= 4 is 21.8 Å². The van der Waals surface area contributed by atoms with Gasteiger partial charge in [0.1, 0.15) is 0 Å². The summed E-state index contributed by atoms with van der Waals surface area (Å²) in [5.41, 5.74) is 0. The van der Waals surface area contributed by atoms with Crippen molar-refractivity contribution in [3.05, 3.63) is 0 Å². The first-order chi connectivity index (χ1) is 7.16. The third-order valence-electron chi connectivity index (χ3n) is 2.89. The van der Waals surface area contributed by atoms with E-state index in [9.17, 15) is 8.42 Å². The van der Waals surface area contributed by atoms with Crippen LogP contribution in [0.5, 0.6) is 0 Å². The van der Waals surface area contributed by atoms with E-state index in [0.717, 1.165) is 37.4 Å². The van der Waals surface area contributed by atoms with Crippen LogP contribution in [0.15, 0.2) is 0 Å². The van der Waals surface area contributed by atoms with E-state index in [1.165, 1.54) is 0 Å². The molecule has 0 saturated carbocycles. The zero-order valence-electron chi connectivity index (χ0n) is 8.74. The van der Waals surface area contributed by atoms with Gasteiger partial charge in [0.05, 0.1) is 5.75 Å². The van der Waals surface area contributed by atoms with Crippen molar-refractivity contribution in [3.8, 4) is 0 Å². The lowest BCUT2D eigenvalue weighted by atomic mass is 10.2. The van der Waals surface area contributed by atoms with E-state index in [2.05, 4.69) is 10.0 Å². The van der Waals surface area contributed by atoms with E-state index < -0.39 is 10.0 Å². The molecule has 2 rings (SSSR count). The Kier molecular flexibility index (Phi) is 3.93. The molecule has 15 heavy (non-hydrogen) atoms. The molecule has 2 saturated heterocycles. The number of rotatable bonds is 4. The number of nitrogens with one attached hydrogen (secondary N) is 2. The maximum Gasteiger partial charge on any atom is 0.212 e. The molecule has 0 aromatic rings. The lowest BCUT2D eigenvalue weighted by Gasteiger charge is -2.14. The van der Waals surface area contributed by atoms with Crippen LogP contribution in [0, 0.1) is 5.92 Å². The summed E-state index contributed by atoms with van der Waals surface area (Å²) >= 11 is 1.83. The lowest BCUT2D eigenvalue weighted by molar-refractivity contribution is 0.543. The molecular weight excluding hydrogens is 232 g/mol. The Morgan fingerprint density at radius 1 is 1.40 bits per heavy atom. The molecule has 2 unspecified atom stereocenters. The Hall–Kier alpha value is 0.220. The summed E-state index contributed by atoms with van der Waals surface area (Å²) in [4.78, 5) is 0. The SMILES string of the molecule is O=S(=O)(CC1CCNC1)NC1CCSC1. The van der Waals surface area contributed by atoms with Crippen molar-refractivity contribution in [2.75, 3.05) is 30.3 Å². The van der Waals surface area contributed by atoms with Crippen LogP contribution in [0.3, 0.4) is 0 Å². The van der Waals surface area contributed by atoms with Crippen LogP contribution in [0.2, 0.25) is 0 Å². The van der Waals surface area contributed by atoms with Crippen LogP contribution in [0.1, 0.15) is 12.8 Å². The summed E-state index contributed by atoms with van der Waals surface area (Å²) in [6, 6.07) is 0.175. The van der Waals surface area contributed by atoms with Gasteiger partial charge in [-0.05, 0) is 37.6 Å². The third-order valence-corrected chi connectivity index (χ3v) is 5.66. The van der Waals surface area contributed by atoms with Gasteiger partial charge in [0.15, 0.2) is 0 Å². The Bertz CT molecular complexity index is 269. The van der Waals surface area contributed by atoms with E-state index in [0.29, 0.717) is 11.7 Å². The number of hydrogen-bond acceptors (Lipinski definition) is 4. The molecule has 0 bridgehead atoms. The van der Waals surface area contributed by atoms with Gasteiger partial charge < -0.3 is 5.32 Å². The molecule has 88 valence electrons. The maximum atomic E-state index is 11.8. The first-order valence-electron chi connectivity index (χ1n) is 5.44. The molecule has 0 aromatic carbocycles. The van der Waals surface area contributed by atoms with E-state index >= 15 is 0 Å². The highest BCUT2D eigenvalue weighted by atomic mass is 32.2. The van der Waals surface area contributed by atoms with Crippen LogP contribution in [0.4, 0.5) is 0 Å². The topological polar surface area (TPSA) is 58.2 Å². The maximum absolute atomic E-state index is 11.8. The smallest absolute Gasteiger partial charge is 0.212 e. The van der Waals surface area contributed by atoms with Crippen molar-refractivity contribution in [1.82, 2.24) is 10.0 Å². The van der Waals surface area contributed by atoms with Crippen LogP contribution in [-0.2, 0) is 10.0 Å². The molecule has 0 radical (unpaired) electrons. The largest absolute Gasteiger partial charge is 0.316 e. The molecule has 6 heteroatoms. The van der Waals surface area contributed by atoms with Crippen molar-refractivity contribution < 1.29 is 8.42 Å². The quantitative estimate of drug-likeness (QED) is 0.738. The van der Waals surface area contributed by atoms with Crippen LogP contribution in [-0.4, -0.2) is 44.8 Å². The summed E-state index contributed by atoms with van der Waals surface area (Å²) in [7, 11) is -3.05. The molecule has 2 atom stereocenters. The summed E-state index contributed by atoms with van der Waals surface area (Å²) in [6.45, 7) is 1.81. The van der Waals surface area contributed by atoms with Crippen molar-refractivity contribution in [3.63, 3.8) is 0 Å². The highest BCUT2D eigenvalue weighted by molar-refractivity contribution is 7.99. The zero-order valence-corrected chi connectivity index (χ0v) is 10.4. The fourth-order valence-corrected chi connectivity index (χ4v) is 5.06. The van der Waals surface area contributed by atoms with Crippen LogP contribution in [0.25, 0.3) is 0 Å². The van der Waals surface area contributed by atoms with E-state index in [-0.39, 0.29) is 6.04 Å². The highest BCUT2D eigenvalue weighted by Crippen LogP contribution is 2.18. The molecule has 2 N–H and O–H groups in total. The molecule has 0 spiro atoms. The number of thioether (sulfide) groups is 1. The van der Waals surface area contributed by atoms with Gasteiger partial charge >= 0.3 is 0 Å². The monoisotopic (exact) mass is 250 g/mol. The minimum atomic E-state index is -3.05. The van der Waals surface area contributed by atoms with Crippen molar-refractivity contribution in [2.24, 2.45) is 5.92 Å². The second kappa shape index (κ2) is 5.03. The normalized spacial score (nSPS) is 32.3. The van der Waals surface area contributed by atoms with Gasteiger partial charge in [0.25, 0.3) is 0 Å². The molecule has 0 aromatic heterocycles. The molecule has 4 nitrogen and oxygen atoms in total. The summed E-state index contributed by atoms with van der Waals surface area (Å²) in [5.74, 6) is 2.61. The summed E-state index contributed by atoms with van der Waals surface area (Å²) in [6.07, 6.45) is 1.97. The van der Waals surface area contributed by atoms with Gasteiger partial charge in [-0.1, -0.05) is 0 Å². The minimum Gasteiger partial charge on any atom is -0.316 e. The first-order valence-corrected chi connectivity index (χ1v) is 8.25. The van der Waals surface area contributed by atoms with Gasteiger partial charge in [-0.3, -0.25) is 0 Å². The van der Waals surface area contributed by atoms with Gasteiger partial charge in [0.2, 0.25) is 10.0 Å². The molecule has 0 amide bonds. The second-order valence-electron chi connectivity index (χ2n) is 4.32. The van der Waals surface area contributed by atoms with Gasteiger partial charge in [-0.15, -0.1) is 0 Å². The van der Waals surface area contributed by atoms with E-state index in [1.807, 2.05) is 11.8 Å². The molecule has 2 fully saturated rings. The Morgan fingerprint density at radius 3 is 2.87 bits per heavy atom. The molecular formula is C9H18N2O2S2. The first kappa shape index (κ1) is 11.7. The minimum absolute atomic E-state index is 0.175. The molecule has 2 heterocycles. The molecule has 2 aliphatic heterocycles. The summed E-state index contributed by atoms with van der Waals surface area (Å²) in [5, 5.41) is 3.19. The van der Waals surface area contributed by atoms with Crippen molar-refractivity contribution in [2.45, 2.75) is 18.9 Å². The Balaban J connectivity index is 1.82. The summed E-state index contributed by atoms with van der Waals surface area (Å²) < 4.78 is 26.4. The fourth-order valence-electron chi connectivity index (χ4n) is 2.10. The third kappa shape index (κ3) is 3.62. The number of sulfonamides is 1. The van der Waals surface area contributed by atoms with Gasteiger partial charge in [-0.25, -0.2) is 13.1 Å². The molecule has 0 aliphatic carbocycles. The van der Waals surface area contributed by atoms with Crippen molar-refractivity contribution in [1.29, 1.82) is 0 Å². The fraction of sp³-hybridized carbons (Fsp3) is 1.00. The number of hydrogen-bond donors (Lipinski definition) is 2. The van der Waals surface area contributed by atoms with Gasteiger partial charge in [-0.2, -0.15) is 11.8 Å². The standard InChI is InChI=1S/C9H18N2O2S2/c12-15(13,7-8-1-3-10-5-8)11-9-2-4-14-6-9/h8-11H,1-7H2. The average molecular weight is 250 g/mol. The van der Waals surface area contributed by atoms with E-state index in [1.54, 1.807) is 0 Å². The van der Waals surface area contributed by atoms with Crippen LogP contribution < -0.4 is 10.0 Å². The zero-order chi connectivity index (χ0) is 10.7. The van der Waals surface area contributed by atoms with Gasteiger partial charge in [0, 0.05) is 11.8 Å². The highest BCUT2D eigenvalue weighted by Gasteiger charge is 2.26. The lowest BCUT2D eigenvalue weighted by Crippen LogP contribution is -2.38.